The van der Waals surface area contributed by atoms with Gasteiger partial charge >= 0.3 is 0 Å². The highest BCUT2D eigenvalue weighted by Gasteiger charge is 2.10. The van der Waals surface area contributed by atoms with Crippen molar-refractivity contribution in [3.05, 3.63) is 53.0 Å². The van der Waals surface area contributed by atoms with Crippen LogP contribution in [0, 0.1) is 11.3 Å². The third-order valence-corrected chi connectivity index (χ3v) is 4.45. The number of benzene rings is 2. The summed E-state index contributed by atoms with van der Waals surface area (Å²) in [4.78, 5) is 4.53. The molecule has 0 spiro atoms. The highest BCUT2D eigenvalue weighted by atomic mass is 32.1. The summed E-state index contributed by atoms with van der Waals surface area (Å²) in [6.45, 7) is 0. The van der Waals surface area contributed by atoms with Gasteiger partial charge in [-0.05, 0) is 30.3 Å². The van der Waals surface area contributed by atoms with E-state index in [1.54, 1.807) is 26.4 Å². The van der Waals surface area contributed by atoms with Crippen LogP contribution in [-0.4, -0.2) is 19.2 Å². The van der Waals surface area contributed by atoms with Crippen LogP contribution >= 0.6 is 11.3 Å². The largest absolute Gasteiger partial charge is 0.497 e. The Bertz CT molecular complexity index is 889. The van der Waals surface area contributed by atoms with Crippen LogP contribution in [0.1, 0.15) is 10.6 Å². The number of fused-ring (bicyclic) bond motifs is 1. The van der Waals surface area contributed by atoms with Gasteiger partial charge in [-0.3, -0.25) is 0 Å². The lowest BCUT2D eigenvalue weighted by atomic mass is 10.1. The van der Waals surface area contributed by atoms with Gasteiger partial charge in [0.25, 0.3) is 0 Å². The Morgan fingerprint density at radius 3 is 2.70 bits per heavy atom. The van der Waals surface area contributed by atoms with Gasteiger partial charge in [0.1, 0.15) is 22.6 Å². The lowest BCUT2D eigenvalue weighted by molar-refractivity contribution is 0.394. The maximum absolute atomic E-state index is 9.51. The van der Waals surface area contributed by atoms with Crippen molar-refractivity contribution in [1.29, 1.82) is 5.26 Å². The molecule has 0 saturated heterocycles. The molecule has 0 N–H and O–H groups in total. The molecule has 0 amide bonds. The monoisotopic (exact) mass is 322 g/mol. The predicted octanol–water partition coefficient (Wildman–Crippen LogP) is 4.38. The minimum atomic E-state index is 0.509. The molecule has 2 aromatic carbocycles. The second-order valence-electron chi connectivity index (χ2n) is 4.76. The number of para-hydroxylation sites is 1. The molecular weight excluding hydrogens is 308 g/mol. The Hall–Kier alpha value is -2.84. The van der Waals surface area contributed by atoms with E-state index in [0.29, 0.717) is 22.1 Å². The molecule has 0 bridgehead atoms. The number of ether oxygens (including phenoxy) is 2. The van der Waals surface area contributed by atoms with Gasteiger partial charge in [-0.2, -0.15) is 5.26 Å². The summed E-state index contributed by atoms with van der Waals surface area (Å²) in [6.07, 6.45) is 1.79. The Kier molecular flexibility index (Phi) is 4.26. The molecule has 0 fully saturated rings. The molecule has 0 aliphatic rings. The molecule has 0 radical (unpaired) electrons. The second kappa shape index (κ2) is 6.51. The van der Waals surface area contributed by atoms with Crippen LogP contribution in [0.2, 0.25) is 0 Å². The van der Waals surface area contributed by atoms with Crippen molar-refractivity contribution in [1.82, 2.24) is 4.98 Å². The summed E-state index contributed by atoms with van der Waals surface area (Å²) in [6, 6.07) is 15.6. The number of allylic oxidation sites excluding steroid dienone is 1. The van der Waals surface area contributed by atoms with Gasteiger partial charge in [0.15, 0.2) is 0 Å². The van der Waals surface area contributed by atoms with E-state index >= 15 is 0 Å². The van der Waals surface area contributed by atoms with E-state index in [1.807, 2.05) is 36.4 Å². The number of rotatable bonds is 4. The fourth-order valence-corrected chi connectivity index (χ4v) is 3.15. The van der Waals surface area contributed by atoms with E-state index in [2.05, 4.69) is 11.1 Å². The van der Waals surface area contributed by atoms with Crippen LogP contribution in [0.3, 0.4) is 0 Å². The van der Waals surface area contributed by atoms with Crippen LogP contribution in [0.4, 0.5) is 0 Å². The van der Waals surface area contributed by atoms with Crippen molar-refractivity contribution >= 4 is 33.2 Å². The molecular formula is C18H14N2O2S. The lowest BCUT2D eigenvalue weighted by Gasteiger charge is -2.07. The highest BCUT2D eigenvalue weighted by Crippen LogP contribution is 2.31. The second-order valence-corrected chi connectivity index (χ2v) is 5.80. The molecule has 0 aliphatic heterocycles. The molecule has 23 heavy (non-hydrogen) atoms. The number of methoxy groups -OCH3 is 2. The SMILES string of the molecule is COc1ccc(/C=C(/C#N)c2nc3ccccc3s2)c(OC)c1. The minimum absolute atomic E-state index is 0.509. The van der Waals surface area contributed by atoms with Gasteiger partial charge in [0.05, 0.1) is 30.0 Å². The number of nitrogens with zero attached hydrogens (tertiary/aromatic N) is 2. The molecule has 0 aliphatic carbocycles. The Morgan fingerprint density at radius 2 is 2.00 bits per heavy atom. The lowest BCUT2D eigenvalue weighted by Crippen LogP contribution is -1.90. The first-order chi connectivity index (χ1) is 11.2. The Balaban J connectivity index is 2.07. The normalized spacial score (nSPS) is 11.3. The maximum atomic E-state index is 9.51. The average molecular weight is 322 g/mol. The van der Waals surface area contributed by atoms with Gasteiger partial charge in [0, 0.05) is 11.6 Å². The van der Waals surface area contributed by atoms with Crippen molar-refractivity contribution in [2.75, 3.05) is 14.2 Å². The molecule has 0 unspecified atom stereocenters. The average Bonchev–Trinajstić information content (AvgIpc) is 3.03. The molecule has 3 rings (SSSR count). The summed E-state index contributed by atoms with van der Waals surface area (Å²) in [5.41, 5.74) is 2.22. The van der Waals surface area contributed by atoms with Gasteiger partial charge in [-0.15, -0.1) is 11.3 Å². The smallest absolute Gasteiger partial charge is 0.135 e. The van der Waals surface area contributed by atoms with Crippen molar-refractivity contribution in [2.24, 2.45) is 0 Å². The van der Waals surface area contributed by atoms with Crippen LogP contribution in [0.15, 0.2) is 42.5 Å². The third-order valence-electron chi connectivity index (χ3n) is 3.39. The van der Waals surface area contributed by atoms with Gasteiger partial charge in [0.2, 0.25) is 0 Å². The minimum Gasteiger partial charge on any atom is -0.497 e. The fraction of sp³-hybridized carbons (Fsp3) is 0.111. The van der Waals surface area contributed by atoms with Gasteiger partial charge in [-0.25, -0.2) is 4.98 Å². The molecule has 3 aromatic rings. The first-order valence-electron chi connectivity index (χ1n) is 6.95. The molecule has 114 valence electrons. The molecule has 1 heterocycles. The third kappa shape index (κ3) is 3.03. The molecule has 5 heteroatoms. The van der Waals surface area contributed by atoms with Crippen LogP contribution in [0.5, 0.6) is 11.5 Å². The van der Waals surface area contributed by atoms with E-state index in [9.17, 15) is 5.26 Å². The van der Waals surface area contributed by atoms with Crippen molar-refractivity contribution in [3.63, 3.8) is 0 Å². The topological polar surface area (TPSA) is 55.1 Å². The molecule has 4 nitrogen and oxygen atoms in total. The highest BCUT2D eigenvalue weighted by molar-refractivity contribution is 7.19. The summed E-state index contributed by atoms with van der Waals surface area (Å²) in [7, 11) is 3.20. The zero-order valence-corrected chi connectivity index (χ0v) is 13.6. The molecule has 0 atom stereocenters. The Labute approximate surface area is 138 Å². The van der Waals surface area contributed by atoms with E-state index in [-0.39, 0.29) is 0 Å². The van der Waals surface area contributed by atoms with Crippen LogP contribution in [-0.2, 0) is 0 Å². The maximum Gasteiger partial charge on any atom is 0.135 e. The number of hydrogen-bond donors (Lipinski definition) is 0. The first-order valence-corrected chi connectivity index (χ1v) is 7.76. The fourth-order valence-electron chi connectivity index (χ4n) is 2.22. The van der Waals surface area contributed by atoms with Crippen LogP contribution in [0.25, 0.3) is 21.9 Å². The van der Waals surface area contributed by atoms with Gasteiger partial charge < -0.3 is 9.47 Å². The van der Waals surface area contributed by atoms with Crippen molar-refractivity contribution < 1.29 is 9.47 Å². The van der Waals surface area contributed by atoms with E-state index in [1.165, 1.54) is 11.3 Å². The number of hydrogen-bond acceptors (Lipinski definition) is 5. The first kappa shape index (κ1) is 15.1. The summed E-state index contributed by atoms with van der Waals surface area (Å²) >= 11 is 1.50. The zero-order chi connectivity index (χ0) is 16.2. The van der Waals surface area contributed by atoms with Crippen molar-refractivity contribution in [3.8, 4) is 17.6 Å². The van der Waals surface area contributed by atoms with E-state index in [0.717, 1.165) is 15.8 Å². The molecule has 1 aromatic heterocycles. The predicted molar refractivity (Wildman–Crippen MR) is 92.7 cm³/mol. The number of thiazole rings is 1. The zero-order valence-electron chi connectivity index (χ0n) is 12.7. The molecule has 0 saturated carbocycles. The standard InChI is InChI=1S/C18H14N2O2S/c1-21-14-8-7-12(16(10-14)22-2)9-13(11-19)18-20-15-5-3-4-6-17(15)23-18/h3-10H,1-2H3/b13-9-. The summed E-state index contributed by atoms with van der Waals surface area (Å²) < 4.78 is 11.6. The van der Waals surface area contributed by atoms with E-state index in [4.69, 9.17) is 9.47 Å². The van der Waals surface area contributed by atoms with E-state index < -0.39 is 0 Å². The quantitative estimate of drug-likeness (QED) is 0.669. The number of aromatic nitrogens is 1. The van der Waals surface area contributed by atoms with Crippen molar-refractivity contribution in [2.45, 2.75) is 0 Å². The Morgan fingerprint density at radius 1 is 1.17 bits per heavy atom. The summed E-state index contributed by atoms with van der Waals surface area (Å²) in [5.74, 6) is 1.36. The number of nitriles is 1. The van der Waals surface area contributed by atoms with Crippen LogP contribution < -0.4 is 9.47 Å². The summed E-state index contributed by atoms with van der Waals surface area (Å²) in [5, 5.41) is 10.2. The van der Waals surface area contributed by atoms with Gasteiger partial charge in [-0.1, -0.05) is 12.1 Å².